The van der Waals surface area contributed by atoms with Gasteiger partial charge in [-0.3, -0.25) is 4.79 Å². The zero-order chi connectivity index (χ0) is 22.3. The van der Waals surface area contributed by atoms with Crippen molar-refractivity contribution in [2.75, 3.05) is 0 Å². The number of amides is 1. The van der Waals surface area contributed by atoms with Crippen molar-refractivity contribution in [2.45, 2.75) is 43.8 Å². The van der Waals surface area contributed by atoms with Crippen LogP contribution in [0.4, 0.5) is 13.2 Å². The van der Waals surface area contributed by atoms with Crippen molar-refractivity contribution in [2.24, 2.45) is 5.92 Å². The number of fused-ring (bicyclic) bond motifs is 1. The van der Waals surface area contributed by atoms with Crippen LogP contribution < -0.4 is 5.32 Å². The van der Waals surface area contributed by atoms with E-state index in [0.29, 0.717) is 5.56 Å². The second kappa shape index (κ2) is 8.68. The largest absolute Gasteiger partial charge is 0.399 e. The Hall–Kier alpha value is -1.69. The van der Waals surface area contributed by atoms with Gasteiger partial charge in [0.1, 0.15) is 0 Å². The maximum Gasteiger partial charge on any atom is 0.399 e. The van der Waals surface area contributed by atoms with Crippen LogP contribution in [0.5, 0.6) is 0 Å². The Kier molecular flexibility index (Phi) is 6.30. The number of rotatable bonds is 5. The van der Waals surface area contributed by atoms with E-state index in [1.54, 1.807) is 6.07 Å². The lowest BCUT2D eigenvalue weighted by Crippen LogP contribution is -2.28. The third kappa shape index (κ3) is 5.05. The van der Waals surface area contributed by atoms with E-state index in [1.807, 2.05) is 12.1 Å². The number of alkyl halides is 3. The minimum atomic E-state index is -4.52. The van der Waals surface area contributed by atoms with E-state index >= 15 is 0 Å². The summed E-state index contributed by atoms with van der Waals surface area (Å²) in [6.07, 6.45) is 1.49. The molecule has 0 saturated heterocycles. The molecule has 2 aliphatic carbocycles. The molecular weight excluding hydrogens is 470 g/mol. The van der Waals surface area contributed by atoms with E-state index in [9.17, 15) is 18.0 Å². The monoisotopic (exact) mass is 487 g/mol. The van der Waals surface area contributed by atoms with Crippen molar-refractivity contribution in [1.82, 2.24) is 5.32 Å². The Bertz CT molecular complexity index is 1020. The first-order valence-electron chi connectivity index (χ1n) is 9.96. The van der Waals surface area contributed by atoms with Gasteiger partial charge in [-0.15, -0.1) is 0 Å². The van der Waals surface area contributed by atoms with Gasteiger partial charge in [0.25, 0.3) is 0 Å². The molecule has 31 heavy (non-hydrogen) atoms. The minimum Gasteiger partial charge on any atom is -0.349 e. The van der Waals surface area contributed by atoms with Crippen molar-refractivity contribution in [3.63, 3.8) is 0 Å². The third-order valence-corrected chi connectivity index (χ3v) is 6.91. The summed E-state index contributed by atoms with van der Waals surface area (Å²) in [4.78, 5) is 12.1. The number of halogens is 6. The molecule has 1 N–H and O–H groups in total. The average molecular weight is 489 g/mol. The molecule has 0 heterocycles. The summed E-state index contributed by atoms with van der Waals surface area (Å²) in [5.41, 5.74) is 2.67. The number of benzene rings is 2. The molecule has 0 bridgehead atoms. The second-order valence-electron chi connectivity index (χ2n) is 8.01. The predicted molar refractivity (Wildman–Crippen MR) is 118 cm³/mol. The van der Waals surface area contributed by atoms with Crippen LogP contribution in [0, 0.1) is 5.92 Å². The second-order valence-corrected chi connectivity index (χ2v) is 9.20. The highest BCUT2D eigenvalue weighted by molar-refractivity contribution is 6.48. The first kappa shape index (κ1) is 22.5. The zero-order valence-electron chi connectivity index (χ0n) is 16.3. The highest BCUT2D eigenvalue weighted by Gasteiger charge is 2.39. The smallest absolute Gasteiger partial charge is 0.349 e. The van der Waals surface area contributed by atoms with Gasteiger partial charge in [-0.25, -0.2) is 0 Å². The summed E-state index contributed by atoms with van der Waals surface area (Å²) in [5.74, 6) is -1.64. The van der Waals surface area contributed by atoms with Gasteiger partial charge in [0.2, 0.25) is 5.91 Å². The number of aryl methyl sites for hydroxylation is 1. The fourth-order valence-electron chi connectivity index (χ4n) is 3.90. The molecule has 2 atom stereocenters. The number of hydrogen-bond donors (Lipinski definition) is 1. The molecule has 2 nitrogen and oxygen atoms in total. The number of nitrogens with one attached hydrogen (secondary N) is 1. The van der Waals surface area contributed by atoms with Crippen LogP contribution in [0.25, 0.3) is 6.08 Å². The standard InChI is InChI=1S/C23H19Cl3F3NO/c24-18-10-15(11-19(25)21(18)26)17(23(27,28)29)7-2-12-1-6-16-14(9-12)5-8-20(16)30-22(31)13-3-4-13/h1-2,6-7,9-11,13,17,20H,3-5,8H2,(H,30,31)/b7-2+. The lowest BCUT2D eigenvalue weighted by Gasteiger charge is -2.18. The zero-order valence-corrected chi connectivity index (χ0v) is 18.5. The Morgan fingerprint density at radius 1 is 1.06 bits per heavy atom. The highest BCUT2D eigenvalue weighted by Crippen LogP contribution is 2.41. The number of carbonyl (C=O) groups is 1. The minimum absolute atomic E-state index is 0.0244. The van der Waals surface area contributed by atoms with E-state index in [-0.39, 0.29) is 38.5 Å². The highest BCUT2D eigenvalue weighted by atomic mass is 35.5. The summed E-state index contributed by atoms with van der Waals surface area (Å²) >= 11 is 17.7. The van der Waals surface area contributed by atoms with Crippen molar-refractivity contribution >= 4 is 46.8 Å². The van der Waals surface area contributed by atoms with Gasteiger partial charge in [-0.2, -0.15) is 13.2 Å². The van der Waals surface area contributed by atoms with Crippen LogP contribution in [-0.2, 0) is 11.2 Å². The first-order chi connectivity index (χ1) is 14.6. The van der Waals surface area contributed by atoms with Crippen LogP contribution in [-0.4, -0.2) is 12.1 Å². The fourth-order valence-corrected chi connectivity index (χ4v) is 4.51. The molecule has 2 aromatic carbocycles. The molecule has 2 unspecified atom stereocenters. The molecule has 0 aromatic heterocycles. The molecule has 1 saturated carbocycles. The van der Waals surface area contributed by atoms with Gasteiger partial charge >= 0.3 is 6.18 Å². The van der Waals surface area contributed by atoms with Crippen LogP contribution in [0.2, 0.25) is 15.1 Å². The van der Waals surface area contributed by atoms with E-state index < -0.39 is 12.1 Å². The van der Waals surface area contributed by atoms with Crippen LogP contribution >= 0.6 is 34.8 Å². The van der Waals surface area contributed by atoms with Gasteiger partial charge in [0.15, 0.2) is 0 Å². The first-order valence-corrected chi connectivity index (χ1v) is 11.1. The van der Waals surface area contributed by atoms with Crippen LogP contribution in [0.15, 0.2) is 36.4 Å². The average Bonchev–Trinajstić information content (AvgIpc) is 3.48. The predicted octanol–water partition coefficient (Wildman–Crippen LogP) is 7.52. The molecular formula is C23H19Cl3F3NO. The molecule has 0 radical (unpaired) electrons. The van der Waals surface area contributed by atoms with Gasteiger partial charge < -0.3 is 5.32 Å². The molecule has 0 spiro atoms. The molecule has 1 amide bonds. The summed E-state index contributed by atoms with van der Waals surface area (Å²) in [7, 11) is 0. The summed E-state index contributed by atoms with van der Waals surface area (Å²) in [6.45, 7) is 0. The molecule has 1 fully saturated rings. The summed E-state index contributed by atoms with van der Waals surface area (Å²) in [5, 5.41) is 3.06. The molecule has 4 rings (SSSR count). The van der Waals surface area contributed by atoms with Crippen molar-refractivity contribution in [3.8, 4) is 0 Å². The van der Waals surface area contributed by atoms with E-state index in [1.165, 1.54) is 18.2 Å². The van der Waals surface area contributed by atoms with Gasteiger partial charge in [0, 0.05) is 5.92 Å². The van der Waals surface area contributed by atoms with Crippen molar-refractivity contribution in [1.29, 1.82) is 0 Å². The van der Waals surface area contributed by atoms with Crippen LogP contribution in [0.3, 0.4) is 0 Å². The Labute approximate surface area is 193 Å². The van der Waals surface area contributed by atoms with E-state index in [2.05, 4.69) is 5.32 Å². The maximum absolute atomic E-state index is 13.7. The lowest BCUT2D eigenvalue weighted by atomic mass is 9.96. The quantitative estimate of drug-likeness (QED) is 0.433. The molecule has 0 aliphatic heterocycles. The van der Waals surface area contributed by atoms with Gasteiger partial charge in [0.05, 0.1) is 27.0 Å². The summed E-state index contributed by atoms with van der Waals surface area (Å²) in [6, 6.07) is 7.89. The van der Waals surface area contributed by atoms with Crippen molar-refractivity contribution in [3.05, 3.63) is 73.7 Å². The molecule has 2 aliphatic rings. The number of hydrogen-bond acceptors (Lipinski definition) is 1. The summed E-state index contributed by atoms with van der Waals surface area (Å²) < 4.78 is 41.2. The molecule has 164 valence electrons. The normalized spacial score (nSPS) is 19.5. The van der Waals surface area contributed by atoms with Crippen LogP contribution in [0.1, 0.15) is 53.5 Å². The maximum atomic E-state index is 13.7. The fraction of sp³-hybridized carbons (Fsp3) is 0.348. The van der Waals surface area contributed by atoms with E-state index in [0.717, 1.165) is 42.9 Å². The topological polar surface area (TPSA) is 29.1 Å². The van der Waals surface area contributed by atoms with Crippen molar-refractivity contribution < 1.29 is 18.0 Å². The van der Waals surface area contributed by atoms with Gasteiger partial charge in [-0.05, 0) is 60.1 Å². The van der Waals surface area contributed by atoms with Gasteiger partial charge in [-0.1, -0.05) is 65.2 Å². The lowest BCUT2D eigenvalue weighted by molar-refractivity contribution is -0.139. The third-order valence-electron chi connectivity index (χ3n) is 5.71. The van der Waals surface area contributed by atoms with E-state index in [4.69, 9.17) is 34.8 Å². The number of allylic oxidation sites excluding steroid dienone is 1. The Balaban J connectivity index is 1.55. The SMILES string of the molecule is O=C(NC1CCc2cc(/C=C/C(c3cc(Cl)c(Cl)c(Cl)c3)C(F)(F)F)ccc21)C1CC1. The Morgan fingerprint density at radius 3 is 2.35 bits per heavy atom. The Morgan fingerprint density at radius 2 is 1.74 bits per heavy atom. The number of carbonyl (C=O) groups excluding carboxylic acids is 1. The molecule has 2 aromatic rings. The molecule has 8 heteroatoms.